The third kappa shape index (κ3) is 5.10. The van der Waals surface area contributed by atoms with Gasteiger partial charge in [-0.1, -0.05) is 12.1 Å². The molecule has 0 spiro atoms. The Morgan fingerprint density at radius 1 is 1.10 bits per heavy atom. The summed E-state index contributed by atoms with van der Waals surface area (Å²) in [5.74, 6) is -0.0166. The lowest BCUT2D eigenvalue weighted by atomic mass is 10.0. The standard InChI is InChI=1S/C22H22F3NO3/c1-14-8-19-17(12-29-20(19)9-15(14)2)10-21(27)26(13-22(23,24)25)11-16-4-6-18(28-3)7-5-16/h4-9,12H,10-11,13H2,1-3H3. The van der Waals surface area contributed by atoms with E-state index in [4.69, 9.17) is 9.15 Å². The van der Waals surface area contributed by atoms with Gasteiger partial charge in [0.05, 0.1) is 19.8 Å². The summed E-state index contributed by atoms with van der Waals surface area (Å²) in [5.41, 5.74) is 3.86. The fraction of sp³-hybridized carbons (Fsp3) is 0.318. The second kappa shape index (κ2) is 8.19. The van der Waals surface area contributed by atoms with E-state index in [9.17, 15) is 18.0 Å². The molecular formula is C22H22F3NO3. The van der Waals surface area contributed by atoms with Crippen molar-refractivity contribution in [1.82, 2.24) is 4.90 Å². The first-order valence-electron chi connectivity index (χ1n) is 9.11. The number of carbonyl (C=O) groups is 1. The van der Waals surface area contributed by atoms with Gasteiger partial charge in [0.2, 0.25) is 5.91 Å². The quantitative estimate of drug-likeness (QED) is 0.567. The zero-order valence-corrected chi connectivity index (χ0v) is 16.5. The number of methoxy groups -OCH3 is 1. The highest BCUT2D eigenvalue weighted by atomic mass is 19.4. The second-order valence-electron chi connectivity index (χ2n) is 7.08. The molecular weight excluding hydrogens is 383 g/mol. The molecule has 29 heavy (non-hydrogen) atoms. The Hall–Kier alpha value is -2.96. The molecule has 7 heteroatoms. The topological polar surface area (TPSA) is 42.7 Å². The Kier molecular flexibility index (Phi) is 5.86. The molecule has 0 atom stereocenters. The molecule has 2 aromatic carbocycles. The molecule has 3 rings (SSSR count). The number of hydrogen-bond acceptors (Lipinski definition) is 3. The average Bonchev–Trinajstić information content (AvgIpc) is 3.02. The molecule has 0 unspecified atom stereocenters. The van der Waals surface area contributed by atoms with Gasteiger partial charge in [-0.05, 0) is 54.8 Å². The summed E-state index contributed by atoms with van der Waals surface area (Å²) in [6.45, 7) is 2.43. The van der Waals surface area contributed by atoms with Crippen molar-refractivity contribution in [3.05, 3.63) is 64.9 Å². The smallest absolute Gasteiger partial charge is 0.406 e. The molecule has 1 aromatic heterocycles. The second-order valence-corrected chi connectivity index (χ2v) is 7.08. The molecule has 154 valence electrons. The maximum Gasteiger partial charge on any atom is 0.406 e. The van der Waals surface area contributed by atoms with Crippen LogP contribution in [0.15, 0.2) is 47.1 Å². The van der Waals surface area contributed by atoms with E-state index in [0.29, 0.717) is 22.5 Å². The van der Waals surface area contributed by atoms with Crippen LogP contribution >= 0.6 is 0 Å². The van der Waals surface area contributed by atoms with Crippen molar-refractivity contribution in [2.75, 3.05) is 13.7 Å². The first-order chi connectivity index (χ1) is 13.7. The third-order valence-electron chi connectivity index (χ3n) is 4.87. The predicted molar refractivity (Wildman–Crippen MR) is 104 cm³/mol. The lowest BCUT2D eigenvalue weighted by molar-refractivity contribution is -0.162. The molecule has 0 aliphatic heterocycles. The molecule has 0 bridgehead atoms. The third-order valence-corrected chi connectivity index (χ3v) is 4.87. The molecule has 1 amide bonds. The van der Waals surface area contributed by atoms with E-state index in [1.807, 2.05) is 26.0 Å². The van der Waals surface area contributed by atoms with Crippen molar-refractivity contribution in [1.29, 1.82) is 0 Å². The number of fused-ring (bicyclic) bond motifs is 1. The maximum atomic E-state index is 13.1. The molecule has 0 saturated heterocycles. The van der Waals surface area contributed by atoms with Gasteiger partial charge in [0.25, 0.3) is 0 Å². The average molecular weight is 405 g/mol. The number of benzene rings is 2. The Balaban J connectivity index is 1.83. The van der Waals surface area contributed by atoms with E-state index in [2.05, 4.69) is 0 Å². The Morgan fingerprint density at radius 2 is 1.76 bits per heavy atom. The number of nitrogens with zero attached hydrogens (tertiary/aromatic N) is 1. The number of ether oxygens (including phenoxy) is 1. The molecule has 0 fully saturated rings. The number of rotatable bonds is 6. The number of carbonyl (C=O) groups excluding carboxylic acids is 1. The van der Waals surface area contributed by atoms with Gasteiger partial charge >= 0.3 is 6.18 Å². The lowest BCUT2D eigenvalue weighted by Gasteiger charge is -2.24. The zero-order chi connectivity index (χ0) is 21.2. The SMILES string of the molecule is COc1ccc(CN(CC(F)(F)F)C(=O)Cc2coc3cc(C)c(C)cc23)cc1. The van der Waals surface area contributed by atoms with Crippen LogP contribution in [0.2, 0.25) is 0 Å². The van der Waals surface area contributed by atoms with Crippen LogP contribution in [0.4, 0.5) is 13.2 Å². The van der Waals surface area contributed by atoms with Crippen molar-refractivity contribution in [2.45, 2.75) is 33.0 Å². The molecule has 0 radical (unpaired) electrons. The summed E-state index contributed by atoms with van der Waals surface area (Å²) in [4.78, 5) is 13.6. The largest absolute Gasteiger partial charge is 0.497 e. The minimum absolute atomic E-state index is 0.143. The van der Waals surface area contributed by atoms with Gasteiger partial charge in [0.15, 0.2) is 0 Å². The first-order valence-corrected chi connectivity index (χ1v) is 9.11. The molecule has 0 aliphatic rings. The first kappa shape index (κ1) is 20.8. The van der Waals surface area contributed by atoms with Gasteiger partial charge in [0.1, 0.15) is 17.9 Å². The Bertz CT molecular complexity index is 1010. The summed E-state index contributed by atoms with van der Waals surface area (Å²) in [6, 6.07) is 10.4. The number of furan rings is 1. The van der Waals surface area contributed by atoms with Crippen LogP contribution in [0.3, 0.4) is 0 Å². The van der Waals surface area contributed by atoms with E-state index in [-0.39, 0.29) is 13.0 Å². The van der Waals surface area contributed by atoms with Crippen molar-refractivity contribution >= 4 is 16.9 Å². The lowest BCUT2D eigenvalue weighted by Crippen LogP contribution is -2.39. The molecule has 0 aliphatic carbocycles. The Labute approximate surface area is 166 Å². The van der Waals surface area contributed by atoms with E-state index >= 15 is 0 Å². The van der Waals surface area contributed by atoms with Crippen LogP contribution in [0.1, 0.15) is 22.3 Å². The van der Waals surface area contributed by atoms with Crippen molar-refractivity contribution in [3.63, 3.8) is 0 Å². The van der Waals surface area contributed by atoms with Gasteiger partial charge in [-0.3, -0.25) is 4.79 Å². The fourth-order valence-electron chi connectivity index (χ4n) is 3.15. The predicted octanol–water partition coefficient (Wildman–Crippen LogP) is 5.19. The number of amides is 1. The van der Waals surface area contributed by atoms with Gasteiger partial charge in [-0.25, -0.2) is 0 Å². The zero-order valence-electron chi connectivity index (χ0n) is 16.5. The highest BCUT2D eigenvalue weighted by Crippen LogP contribution is 2.26. The summed E-state index contributed by atoms with van der Waals surface area (Å²) in [6.07, 6.45) is -3.21. The van der Waals surface area contributed by atoms with Gasteiger partial charge in [-0.15, -0.1) is 0 Å². The van der Waals surface area contributed by atoms with Crippen LogP contribution in [0.25, 0.3) is 11.0 Å². The monoisotopic (exact) mass is 405 g/mol. The summed E-state index contributed by atoms with van der Waals surface area (Å²) in [5, 5.41) is 0.748. The molecule has 3 aromatic rings. The minimum atomic E-state index is -4.49. The fourth-order valence-corrected chi connectivity index (χ4v) is 3.15. The maximum absolute atomic E-state index is 13.1. The van der Waals surface area contributed by atoms with Gasteiger partial charge < -0.3 is 14.1 Å². The van der Waals surface area contributed by atoms with Gasteiger partial charge in [-0.2, -0.15) is 13.2 Å². The molecule has 0 N–H and O–H groups in total. The highest BCUT2D eigenvalue weighted by Gasteiger charge is 2.33. The molecule has 0 saturated carbocycles. The Morgan fingerprint density at radius 3 is 2.38 bits per heavy atom. The highest BCUT2D eigenvalue weighted by molar-refractivity contribution is 5.88. The van der Waals surface area contributed by atoms with Crippen molar-refractivity contribution < 1.29 is 27.1 Å². The molecule has 4 nitrogen and oxygen atoms in total. The number of hydrogen-bond donors (Lipinski definition) is 0. The normalized spacial score (nSPS) is 11.7. The van der Waals surface area contributed by atoms with E-state index in [0.717, 1.165) is 21.4 Å². The van der Waals surface area contributed by atoms with Crippen LogP contribution in [-0.4, -0.2) is 30.6 Å². The van der Waals surface area contributed by atoms with Crippen LogP contribution < -0.4 is 4.74 Å². The van der Waals surface area contributed by atoms with Gasteiger partial charge in [0, 0.05) is 17.5 Å². The minimum Gasteiger partial charge on any atom is -0.497 e. The number of aryl methyl sites for hydroxylation is 2. The number of halogens is 3. The number of alkyl halides is 3. The summed E-state index contributed by atoms with van der Waals surface area (Å²) < 4.78 is 49.8. The van der Waals surface area contributed by atoms with Crippen LogP contribution in [-0.2, 0) is 17.8 Å². The van der Waals surface area contributed by atoms with Crippen LogP contribution in [0.5, 0.6) is 5.75 Å². The van der Waals surface area contributed by atoms with E-state index in [1.165, 1.54) is 13.4 Å². The van der Waals surface area contributed by atoms with Crippen molar-refractivity contribution in [2.24, 2.45) is 0 Å². The summed E-state index contributed by atoms with van der Waals surface area (Å²) >= 11 is 0. The van der Waals surface area contributed by atoms with E-state index in [1.54, 1.807) is 24.3 Å². The van der Waals surface area contributed by atoms with Crippen molar-refractivity contribution in [3.8, 4) is 5.75 Å². The summed E-state index contributed by atoms with van der Waals surface area (Å²) in [7, 11) is 1.51. The van der Waals surface area contributed by atoms with Crippen LogP contribution in [0, 0.1) is 13.8 Å². The van der Waals surface area contributed by atoms with E-state index < -0.39 is 18.6 Å². The molecule has 1 heterocycles.